The maximum Gasteiger partial charge on any atom is 0.255 e. The van der Waals surface area contributed by atoms with E-state index in [2.05, 4.69) is 27.8 Å². The van der Waals surface area contributed by atoms with Gasteiger partial charge in [0.15, 0.2) is 0 Å². The number of benzene rings is 3. The third kappa shape index (κ3) is 4.96. The van der Waals surface area contributed by atoms with E-state index in [1.807, 2.05) is 25.1 Å². The standard InChI is InChI=1S/C27H24FN5O2S/c1-17-23(25(34)30-21-12-14-22(35-2)15-13-21)24(19-8-10-20(28)11-9-19)33-26(29-17)31-27(32-33)36-16-18-6-4-3-5-7-18/h3-15,24H,16H2,1-2H3,(H,30,34)(H,29,31,32)/t24-/m1/s1. The fourth-order valence-corrected chi connectivity index (χ4v) is 4.82. The summed E-state index contributed by atoms with van der Waals surface area (Å²) in [7, 11) is 1.59. The number of methoxy groups -OCH3 is 1. The summed E-state index contributed by atoms with van der Waals surface area (Å²) < 4.78 is 20.6. The van der Waals surface area contributed by atoms with E-state index in [1.165, 1.54) is 23.9 Å². The molecule has 182 valence electrons. The molecule has 2 N–H and O–H groups in total. The summed E-state index contributed by atoms with van der Waals surface area (Å²) in [4.78, 5) is 18.2. The van der Waals surface area contributed by atoms with Crippen LogP contribution in [0.15, 0.2) is 95.3 Å². The molecule has 0 spiro atoms. The Balaban J connectivity index is 1.47. The van der Waals surface area contributed by atoms with Crippen LogP contribution in [0.25, 0.3) is 0 Å². The van der Waals surface area contributed by atoms with E-state index in [9.17, 15) is 9.18 Å². The molecule has 0 radical (unpaired) electrons. The lowest BCUT2D eigenvalue weighted by Gasteiger charge is -2.28. The van der Waals surface area contributed by atoms with Crippen LogP contribution in [0.1, 0.15) is 24.1 Å². The van der Waals surface area contributed by atoms with Gasteiger partial charge in [0.2, 0.25) is 11.1 Å². The highest BCUT2D eigenvalue weighted by Gasteiger charge is 2.34. The Bertz CT molecular complexity index is 1400. The summed E-state index contributed by atoms with van der Waals surface area (Å²) in [5.74, 6) is 1.29. The number of ether oxygens (including phenoxy) is 1. The summed E-state index contributed by atoms with van der Waals surface area (Å²) in [6, 6.07) is 22.7. The van der Waals surface area contributed by atoms with Crippen molar-refractivity contribution in [1.29, 1.82) is 0 Å². The second kappa shape index (κ2) is 10.2. The number of amides is 1. The van der Waals surface area contributed by atoms with E-state index >= 15 is 0 Å². The lowest BCUT2D eigenvalue weighted by molar-refractivity contribution is -0.113. The number of nitrogens with one attached hydrogen (secondary N) is 2. The van der Waals surface area contributed by atoms with Crippen LogP contribution in [0.2, 0.25) is 0 Å². The Hall–Kier alpha value is -4.11. The molecule has 4 aromatic rings. The molecule has 0 aliphatic carbocycles. The van der Waals surface area contributed by atoms with E-state index in [-0.39, 0.29) is 11.7 Å². The van der Waals surface area contributed by atoms with Crippen molar-refractivity contribution in [3.8, 4) is 5.75 Å². The van der Waals surface area contributed by atoms with Crippen LogP contribution in [0.4, 0.5) is 16.0 Å². The predicted molar refractivity (Wildman–Crippen MR) is 139 cm³/mol. The minimum absolute atomic E-state index is 0.292. The second-order valence-electron chi connectivity index (χ2n) is 8.24. The number of hydrogen-bond acceptors (Lipinski definition) is 6. The summed E-state index contributed by atoms with van der Waals surface area (Å²) in [5, 5.41) is 11.5. The second-order valence-corrected chi connectivity index (χ2v) is 9.18. The topological polar surface area (TPSA) is 81.1 Å². The van der Waals surface area contributed by atoms with Gasteiger partial charge < -0.3 is 15.4 Å². The average Bonchev–Trinajstić information content (AvgIpc) is 3.30. The Morgan fingerprint density at radius 2 is 1.81 bits per heavy atom. The number of halogens is 1. The maximum atomic E-state index is 13.7. The molecule has 7 nitrogen and oxygen atoms in total. The number of hydrogen-bond donors (Lipinski definition) is 2. The lowest BCUT2D eigenvalue weighted by Crippen LogP contribution is -2.31. The number of rotatable bonds is 7. The number of thioether (sulfide) groups is 1. The molecule has 0 unspecified atom stereocenters. The largest absolute Gasteiger partial charge is 0.497 e. The van der Waals surface area contributed by atoms with Crippen molar-refractivity contribution in [2.45, 2.75) is 23.9 Å². The van der Waals surface area contributed by atoms with Crippen LogP contribution in [0.3, 0.4) is 0 Å². The molecule has 1 atom stereocenters. The Labute approximate surface area is 212 Å². The molecular formula is C27H24FN5O2S. The normalized spacial score (nSPS) is 14.7. The number of anilines is 2. The highest BCUT2D eigenvalue weighted by molar-refractivity contribution is 7.98. The maximum absolute atomic E-state index is 13.7. The zero-order valence-corrected chi connectivity index (χ0v) is 20.6. The SMILES string of the molecule is COc1ccc(NC(=O)C2=C(C)Nc3nc(SCc4ccccc4)nn3[C@@H]2c2ccc(F)cc2)cc1. The number of allylic oxidation sites excluding steroid dienone is 1. The minimum Gasteiger partial charge on any atom is -0.497 e. The quantitative estimate of drug-likeness (QED) is 0.319. The van der Waals surface area contributed by atoms with Gasteiger partial charge in [-0.3, -0.25) is 4.79 Å². The summed E-state index contributed by atoms with van der Waals surface area (Å²) in [6.07, 6.45) is 0. The first-order valence-electron chi connectivity index (χ1n) is 11.3. The van der Waals surface area contributed by atoms with Crippen molar-refractivity contribution in [2.24, 2.45) is 0 Å². The fourth-order valence-electron chi connectivity index (χ4n) is 4.03. The molecule has 0 fully saturated rings. The summed E-state index contributed by atoms with van der Waals surface area (Å²) >= 11 is 1.51. The molecule has 36 heavy (non-hydrogen) atoms. The zero-order valence-electron chi connectivity index (χ0n) is 19.7. The molecule has 1 aliphatic heterocycles. The first-order valence-corrected chi connectivity index (χ1v) is 12.3. The van der Waals surface area contributed by atoms with Gasteiger partial charge in [-0.05, 0) is 54.4 Å². The van der Waals surface area contributed by atoms with Gasteiger partial charge in [0.05, 0.1) is 12.7 Å². The molecular weight excluding hydrogens is 477 g/mol. The van der Waals surface area contributed by atoms with Gasteiger partial charge in [-0.15, -0.1) is 5.10 Å². The number of carbonyl (C=O) groups excluding carboxylic acids is 1. The number of aromatic nitrogens is 3. The number of fused-ring (bicyclic) bond motifs is 1. The van der Waals surface area contributed by atoms with E-state index in [0.717, 1.165) is 11.1 Å². The Morgan fingerprint density at radius 3 is 2.50 bits per heavy atom. The first-order chi connectivity index (χ1) is 17.5. The van der Waals surface area contributed by atoms with E-state index in [4.69, 9.17) is 9.84 Å². The average molecular weight is 502 g/mol. The number of carbonyl (C=O) groups is 1. The number of nitrogens with zero attached hydrogens (tertiary/aromatic N) is 3. The molecule has 1 aromatic heterocycles. The van der Waals surface area contributed by atoms with E-state index < -0.39 is 6.04 Å². The van der Waals surface area contributed by atoms with Crippen molar-refractivity contribution in [3.05, 3.63) is 107 Å². The van der Waals surface area contributed by atoms with E-state index in [0.29, 0.717) is 39.6 Å². The van der Waals surface area contributed by atoms with E-state index in [1.54, 1.807) is 48.2 Å². The minimum atomic E-state index is -0.585. The third-order valence-electron chi connectivity index (χ3n) is 5.82. The third-order valence-corrected chi connectivity index (χ3v) is 6.73. The molecule has 0 saturated heterocycles. The molecule has 3 aromatic carbocycles. The van der Waals surface area contributed by atoms with Gasteiger partial charge in [0.25, 0.3) is 5.91 Å². The van der Waals surface area contributed by atoms with Crippen LogP contribution in [0.5, 0.6) is 5.75 Å². The van der Waals surface area contributed by atoms with Gasteiger partial charge in [-0.1, -0.05) is 54.2 Å². The van der Waals surface area contributed by atoms with Crippen LogP contribution >= 0.6 is 11.8 Å². The van der Waals surface area contributed by atoms with Crippen LogP contribution in [-0.2, 0) is 10.5 Å². The van der Waals surface area contributed by atoms with Crippen LogP contribution in [-0.4, -0.2) is 27.8 Å². The molecule has 2 heterocycles. The lowest BCUT2D eigenvalue weighted by atomic mass is 9.95. The van der Waals surface area contributed by atoms with Crippen molar-refractivity contribution in [3.63, 3.8) is 0 Å². The highest BCUT2D eigenvalue weighted by Crippen LogP contribution is 2.37. The van der Waals surface area contributed by atoms with Crippen LogP contribution < -0.4 is 15.4 Å². The first kappa shape index (κ1) is 23.6. The van der Waals surface area contributed by atoms with Gasteiger partial charge in [-0.2, -0.15) is 4.98 Å². The smallest absolute Gasteiger partial charge is 0.255 e. The molecule has 0 bridgehead atoms. The van der Waals surface area contributed by atoms with Crippen molar-refractivity contribution < 1.29 is 13.9 Å². The molecule has 0 saturated carbocycles. The molecule has 5 rings (SSSR count). The molecule has 1 aliphatic rings. The molecule has 9 heteroatoms. The Kier molecular flexibility index (Phi) is 6.73. The van der Waals surface area contributed by atoms with Gasteiger partial charge in [0.1, 0.15) is 17.6 Å². The van der Waals surface area contributed by atoms with Crippen molar-refractivity contribution >= 4 is 29.3 Å². The monoisotopic (exact) mass is 501 g/mol. The Morgan fingerprint density at radius 1 is 1.08 bits per heavy atom. The van der Waals surface area contributed by atoms with Crippen molar-refractivity contribution in [1.82, 2.24) is 14.8 Å². The summed E-state index contributed by atoms with van der Waals surface area (Å²) in [5.41, 5.74) is 3.63. The van der Waals surface area contributed by atoms with Crippen molar-refractivity contribution in [2.75, 3.05) is 17.7 Å². The summed E-state index contributed by atoms with van der Waals surface area (Å²) in [6.45, 7) is 1.83. The van der Waals surface area contributed by atoms with Gasteiger partial charge in [0, 0.05) is 17.1 Å². The highest BCUT2D eigenvalue weighted by atomic mass is 32.2. The predicted octanol–water partition coefficient (Wildman–Crippen LogP) is 5.65. The fraction of sp³-hybridized carbons (Fsp3) is 0.148. The molecule has 1 amide bonds. The zero-order chi connectivity index (χ0) is 25.1. The van der Waals surface area contributed by atoms with Crippen LogP contribution in [0, 0.1) is 5.82 Å². The van der Waals surface area contributed by atoms with Gasteiger partial charge in [-0.25, -0.2) is 9.07 Å². The van der Waals surface area contributed by atoms with Gasteiger partial charge >= 0.3 is 0 Å².